The van der Waals surface area contributed by atoms with E-state index >= 15 is 0 Å². The second kappa shape index (κ2) is 5.67. The van der Waals surface area contributed by atoms with E-state index in [2.05, 4.69) is 10.1 Å². The van der Waals surface area contributed by atoms with Gasteiger partial charge in [-0.2, -0.15) is 0 Å². The van der Waals surface area contributed by atoms with E-state index in [4.69, 9.17) is 5.11 Å². The normalized spacial score (nSPS) is 9.18. The van der Waals surface area contributed by atoms with Crippen molar-refractivity contribution in [3.8, 4) is 0 Å². The van der Waals surface area contributed by atoms with Crippen molar-refractivity contribution in [2.75, 3.05) is 20.2 Å². The van der Waals surface area contributed by atoms with Crippen LogP contribution in [0.1, 0.15) is 6.42 Å². The number of esters is 1. The van der Waals surface area contributed by atoms with Crippen molar-refractivity contribution >= 4 is 11.9 Å². The Bertz CT molecular complexity index is 146. The van der Waals surface area contributed by atoms with Crippen LogP contribution in [0.4, 0.5) is 0 Å². The number of methoxy groups -OCH3 is 1. The van der Waals surface area contributed by atoms with Crippen LogP contribution < -0.4 is 5.32 Å². The molecule has 2 N–H and O–H groups in total. The fourth-order valence-electron chi connectivity index (χ4n) is 0.488. The van der Waals surface area contributed by atoms with Crippen LogP contribution in [0.2, 0.25) is 0 Å². The first kappa shape index (κ1) is 9.90. The summed E-state index contributed by atoms with van der Waals surface area (Å²) >= 11 is 0. The molecule has 0 saturated carbocycles. The lowest BCUT2D eigenvalue weighted by Gasteiger charge is -1.99. The van der Waals surface area contributed by atoms with E-state index in [-0.39, 0.29) is 18.9 Å². The molecular formula is C6H11NO4. The monoisotopic (exact) mass is 161 g/mol. The van der Waals surface area contributed by atoms with Gasteiger partial charge in [0.2, 0.25) is 0 Å². The van der Waals surface area contributed by atoms with Crippen molar-refractivity contribution in [2.45, 2.75) is 6.42 Å². The predicted octanol–water partition coefficient (Wildman–Crippen LogP) is -0.776. The number of carboxylic acid groups (broad SMARTS) is 1. The van der Waals surface area contributed by atoms with Crippen molar-refractivity contribution in [1.82, 2.24) is 5.32 Å². The molecule has 0 aliphatic carbocycles. The second-order valence-electron chi connectivity index (χ2n) is 1.90. The molecule has 0 amide bonds. The van der Waals surface area contributed by atoms with E-state index in [1.165, 1.54) is 7.11 Å². The van der Waals surface area contributed by atoms with Gasteiger partial charge in [-0.3, -0.25) is 9.59 Å². The molecule has 0 bridgehead atoms. The Morgan fingerprint density at radius 3 is 2.64 bits per heavy atom. The average Bonchev–Trinajstić information content (AvgIpc) is 1.97. The minimum atomic E-state index is -0.935. The van der Waals surface area contributed by atoms with Crippen LogP contribution in [0.15, 0.2) is 0 Å². The Kier molecular flexibility index (Phi) is 5.10. The van der Waals surface area contributed by atoms with Gasteiger partial charge in [0.15, 0.2) is 0 Å². The summed E-state index contributed by atoms with van der Waals surface area (Å²) in [6.45, 7) is 0.204. The van der Waals surface area contributed by atoms with E-state index < -0.39 is 5.97 Å². The summed E-state index contributed by atoms with van der Waals surface area (Å²) in [5.41, 5.74) is 0. The summed E-state index contributed by atoms with van der Waals surface area (Å²) in [6, 6.07) is 0. The summed E-state index contributed by atoms with van der Waals surface area (Å²) in [5, 5.41) is 10.7. The highest BCUT2D eigenvalue weighted by Gasteiger charge is 1.99. The minimum absolute atomic E-state index is 0.128. The largest absolute Gasteiger partial charge is 0.480 e. The maximum atomic E-state index is 10.4. The van der Waals surface area contributed by atoms with Crippen molar-refractivity contribution in [3.63, 3.8) is 0 Å². The Labute approximate surface area is 64.3 Å². The molecule has 0 spiro atoms. The van der Waals surface area contributed by atoms with Crippen molar-refractivity contribution in [2.24, 2.45) is 0 Å². The average molecular weight is 161 g/mol. The van der Waals surface area contributed by atoms with Gasteiger partial charge in [0.25, 0.3) is 0 Å². The van der Waals surface area contributed by atoms with Gasteiger partial charge < -0.3 is 15.2 Å². The molecule has 0 unspecified atom stereocenters. The summed E-state index contributed by atoms with van der Waals surface area (Å²) in [7, 11) is 1.29. The molecule has 0 fully saturated rings. The maximum absolute atomic E-state index is 10.4. The molecule has 0 saturated heterocycles. The van der Waals surface area contributed by atoms with Crippen LogP contribution >= 0.6 is 0 Å². The van der Waals surface area contributed by atoms with Gasteiger partial charge in [0, 0.05) is 6.54 Å². The summed E-state index contributed by atoms with van der Waals surface area (Å²) in [6.07, 6.45) is 0.198. The summed E-state index contributed by atoms with van der Waals surface area (Å²) in [4.78, 5) is 20.4. The van der Waals surface area contributed by atoms with E-state index in [0.29, 0.717) is 6.54 Å². The minimum Gasteiger partial charge on any atom is -0.480 e. The van der Waals surface area contributed by atoms with E-state index in [0.717, 1.165) is 0 Å². The summed E-state index contributed by atoms with van der Waals surface area (Å²) < 4.78 is 4.33. The van der Waals surface area contributed by atoms with E-state index in [1.54, 1.807) is 0 Å². The Morgan fingerprint density at radius 1 is 1.55 bits per heavy atom. The van der Waals surface area contributed by atoms with Crippen molar-refractivity contribution < 1.29 is 19.4 Å². The lowest BCUT2D eigenvalue weighted by atomic mass is 10.4. The standard InChI is InChI=1S/C6H11NO4/c1-11-6(10)2-3-7-4-5(8)9/h7H,2-4H2,1H3,(H,8,9). The topological polar surface area (TPSA) is 75.6 Å². The van der Waals surface area contributed by atoms with Crippen molar-refractivity contribution in [1.29, 1.82) is 0 Å². The highest BCUT2D eigenvalue weighted by molar-refractivity contribution is 5.70. The van der Waals surface area contributed by atoms with Gasteiger partial charge in [0.05, 0.1) is 20.1 Å². The number of aliphatic carboxylic acids is 1. The zero-order chi connectivity index (χ0) is 8.69. The molecule has 0 heterocycles. The van der Waals surface area contributed by atoms with Crippen LogP contribution in [0, 0.1) is 0 Å². The number of carbonyl (C=O) groups excluding carboxylic acids is 1. The zero-order valence-electron chi connectivity index (χ0n) is 6.29. The molecule has 0 rings (SSSR count). The SMILES string of the molecule is COC(=O)CCNCC(=O)O. The highest BCUT2D eigenvalue weighted by atomic mass is 16.5. The number of carboxylic acids is 1. The van der Waals surface area contributed by atoms with Crippen LogP contribution in [-0.4, -0.2) is 37.2 Å². The smallest absolute Gasteiger partial charge is 0.317 e. The molecule has 0 aliphatic rings. The molecule has 11 heavy (non-hydrogen) atoms. The van der Waals surface area contributed by atoms with Crippen LogP contribution in [-0.2, 0) is 14.3 Å². The third-order valence-electron chi connectivity index (χ3n) is 1.01. The molecule has 0 aliphatic heterocycles. The number of rotatable bonds is 5. The molecule has 0 aromatic carbocycles. The van der Waals surface area contributed by atoms with Gasteiger partial charge >= 0.3 is 11.9 Å². The Balaban J connectivity index is 3.14. The predicted molar refractivity (Wildman–Crippen MR) is 37.1 cm³/mol. The van der Waals surface area contributed by atoms with Gasteiger partial charge in [0.1, 0.15) is 0 Å². The third-order valence-corrected chi connectivity index (χ3v) is 1.01. The zero-order valence-corrected chi connectivity index (χ0v) is 6.29. The molecule has 0 aromatic rings. The third kappa shape index (κ3) is 6.79. The van der Waals surface area contributed by atoms with Gasteiger partial charge in [-0.1, -0.05) is 0 Å². The number of carbonyl (C=O) groups is 2. The van der Waals surface area contributed by atoms with Crippen molar-refractivity contribution in [3.05, 3.63) is 0 Å². The van der Waals surface area contributed by atoms with Crippen LogP contribution in [0.25, 0.3) is 0 Å². The van der Waals surface area contributed by atoms with E-state index in [9.17, 15) is 9.59 Å². The molecule has 5 nitrogen and oxygen atoms in total. The second-order valence-corrected chi connectivity index (χ2v) is 1.90. The van der Waals surface area contributed by atoms with E-state index in [1.807, 2.05) is 0 Å². The maximum Gasteiger partial charge on any atom is 0.317 e. The lowest BCUT2D eigenvalue weighted by Crippen LogP contribution is -2.25. The number of hydrogen-bond donors (Lipinski definition) is 2. The van der Waals surface area contributed by atoms with Crippen LogP contribution in [0.3, 0.4) is 0 Å². The quantitative estimate of drug-likeness (QED) is 0.409. The highest BCUT2D eigenvalue weighted by Crippen LogP contribution is 1.79. The first-order chi connectivity index (χ1) is 5.16. The summed E-state index contributed by atoms with van der Waals surface area (Å²) in [5.74, 6) is -1.28. The molecular weight excluding hydrogens is 150 g/mol. The molecule has 0 radical (unpaired) electrons. The van der Waals surface area contributed by atoms with Crippen LogP contribution in [0.5, 0.6) is 0 Å². The number of hydrogen-bond acceptors (Lipinski definition) is 4. The Morgan fingerprint density at radius 2 is 2.18 bits per heavy atom. The fraction of sp³-hybridized carbons (Fsp3) is 0.667. The molecule has 0 aromatic heterocycles. The fourth-order valence-corrected chi connectivity index (χ4v) is 0.488. The number of nitrogens with one attached hydrogen (secondary N) is 1. The molecule has 0 atom stereocenters. The number of ether oxygens (including phenoxy) is 1. The first-order valence-electron chi connectivity index (χ1n) is 3.16. The van der Waals surface area contributed by atoms with Gasteiger partial charge in [-0.25, -0.2) is 0 Å². The molecule has 5 heteroatoms. The first-order valence-corrected chi connectivity index (χ1v) is 3.16. The van der Waals surface area contributed by atoms with Gasteiger partial charge in [-0.05, 0) is 0 Å². The van der Waals surface area contributed by atoms with Gasteiger partial charge in [-0.15, -0.1) is 0 Å². The molecule has 64 valence electrons. The Hall–Kier alpha value is -1.10. The lowest BCUT2D eigenvalue weighted by molar-refractivity contribution is -0.141.